The first-order chi connectivity index (χ1) is 7.70. The molecule has 1 heterocycles. The summed E-state index contributed by atoms with van der Waals surface area (Å²) >= 11 is 3.71. The largest absolute Gasteiger partial charge is 0.381 e. The maximum atomic E-state index is 12.2. The third-order valence-electron chi connectivity index (χ3n) is 3.77. The molecular weight excluding hydrogens is 270 g/mol. The fourth-order valence-corrected chi connectivity index (χ4v) is 3.63. The van der Waals surface area contributed by atoms with Crippen LogP contribution < -0.4 is 0 Å². The topological polar surface area (TPSA) is 29.5 Å². The lowest BCUT2D eigenvalue weighted by Crippen LogP contribution is -2.46. The first-order valence-corrected chi connectivity index (χ1v) is 7.10. The van der Waals surface area contributed by atoms with Crippen molar-refractivity contribution in [1.82, 2.24) is 4.90 Å². The van der Waals surface area contributed by atoms with E-state index in [0.29, 0.717) is 17.5 Å². The average molecular weight is 290 g/mol. The van der Waals surface area contributed by atoms with Gasteiger partial charge in [0.15, 0.2) is 0 Å². The van der Waals surface area contributed by atoms with Crippen LogP contribution in [0.25, 0.3) is 0 Å². The van der Waals surface area contributed by atoms with E-state index >= 15 is 0 Å². The third kappa shape index (κ3) is 2.59. The third-order valence-corrected chi connectivity index (χ3v) is 4.84. The van der Waals surface area contributed by atoms with Crippen molar-refractivity contribution in [3.05, 3.63) is 0 Å². The lowest BCUT2D eigenvalue weighted by Gasteiger charge is -2.36. The van der Waals surface area contributed by atoms with Gasteiger partial charge in [-0.3, -0.25) is 4.79 Å². The molecule has 4 heteroatoms. The number of hydrogen-bond donors (Lipinski definition) is 0. The zero-order valence-electron chi connectivity index (χ0n) is 9.82. The van der Waals surface area contributed by atoms with Crippen LogP contribution in [-0.2, 0) is 9.53 Å². The van der Waals surface area contributed by atoms with Gasteiger partial charge in [0, 0.05) is 24.5 Å². The van der Waals surface area contributed by atoms with E-state index in [4.69, 9.17) is 4.74 Å². The molecule has 1 amide bonds. The van der Waals surface area contributed by atoms with Gasteiger partial charge in [-0.2, -0.15) is 0 Å². The SMILES string of the molecule is CN(C(=O)C1CCOC1)C1CCCCC1Br. The van der Waals surface area contributed by atoms with Crippen molar-refractivity contribution < 1.29 is 9.53 Å². The first-order valence-electron chi connectivity index (χ1n) is 6.18. The van der Waals surface area contributed by atoms with Crippen molar-refractivity contribution in [3.63, 3.8) is 0 Å². The summed E-state index contributed by atoms with van der Waals surface area (Å²) in [4.78, 5) is 14.6. The van der Waals surface area contributed by atoms with Gasteiger partial charge >= 0.3 is 0 Å². The van der Waals surface area contributed by atoms with Gasteiger partial charge in [0.25, 0.3) is 0 Å². The quantitative estimate of drug-likeness (QED) is 0.730. The lowest BCUT2D eigenvalue weighted by atomic mass is 9.93. The minimum atomic E-state index is 0.103. The first kappa shape index (κ1) is 12.4. The Morgan fingerprint density at radius 3 is 2.69 bits per heavy atom. The number of carbonyl (C=O) groups excluding carboxylic acids is 1. The minimum Gasteiger partial charge on any atom is -0.381 e. The molecule has 3 nitrogen and oxygen atoms in total. The summed E-state index contributed by atoms with van der Waals surface area (Å²) < 4.78 is 5.28. The van der Waals surface area contributed by atoms with Crippen LogP contribution in [0.15, 0.2) is 0 Å². The fraction of sp³-hybridized carbons (Fsp3) is 0.917. The summed E-state index contributed by atoms with van der Waals surface area (Å²) in [6.45, 7) is 1.36. The van der Waals surface area contributed by atoms with Gasteiger partial charge in [-0.15, -0.1) is 0 Å². The molecule has 1 aliphatic heterocycles. The highest BCUT2D eigenvalue weighted by Crippen LogP contribution is 2.29. The van der Waals surface area contributed by atoms with E-state index in [9.17, 15) is 4.79 Å². The second-order valence-electron chi connectivity index (χ2n) is 4.88. The highest BCUT2D eigenvalue weighted by atomic mass is 79.9. The molecule has 0 aromatic heterocycles. The van der Waals surface area contributed by atoms with E-state index in [2.05, 4.69) is 15.9 Å². The van der Waals surface area contributed by atoms with Crippen molar-refractivity contribution in [2.75, 3.05) is 20.3 Å². The van der Waals surface area contributed by atoms with Crippen molar-refractivity contribution in [1.29, 1.82) is 0 Å². The fourth-order valence-electron chi connectivity index (χ4n) is 2.68. The number of amides is 1. The van der Waals surface area contributed by atoms with Crippen LogP contribution in [0.2, 0.25) is 0 Å². The molecular formula is C12H20BrNO2. The normalized spacial score (nSPS) is 35.0. The highest BCUT2D eigenvalue weighted by molar-refractivity contribution is 9.09. The Kier molecular flexibility index (Phi) is 4.25. The smallest absolute Gasteiger partial charge is 0.228 e. The lowest BCUT2D eigenvalue weighted by molar-refractivity contribution is -0.136. The summed E-state index contributed by atoms with van der Waals surface area (Å²) in [6.07, 6.45) is 5.73. The molecule has 16 heavy (non-hydrogen) atoms. The van der Waals surface area contributed by atoms with E-state index in [0.717, 1.165) is 19.4 Å². The second-order valence-corrected chi connectivity index (χ2v) is 6.05. The Bertz CT molecular complexity index is 253. The van der Waals surface area contributed by atoms with Gasteiger partial charge in [0.05, 0.1) is 12.5 Å². The number of halogens is 1. The van der Waals surface area contributed by atoms with Crippen LogP contribution in [0.4, 0.5) is 0 Å². The zero-order chi connectivity index (χ0) is 11.5. The molecule has 0 radical (unpaired) electrons. The maximum Gasteiger partial charge on any atom is 0.228 e. The van der Waals surface area contributed by atoms with Gasteiger partial charge in [0.1, 0.15) is 0 Å². The van der Waals surface area contributed by atoms with Crippen LogP contribution in [-0.4, -0.2) is 41.9 Å². The second kappa shape index (κ2) is 5.50. The summed E-state index contributed by atoms with van der Waals surface area (Å²) in [6, 6.07) is 0.377. The number of rotatable bonds is 2. The van der Waals surface area contributed by atoms with Gasteiger partial charge in [-0.05, 0) is 19.3 Å². The molecule has 0 aromatic rings. The Labute approximate surface area is 106 Å². The highest BCUT2D eigenvalue weighted by Gasteiger charge is 2.33. The van der Waals surface area contributed by atoms with Crippen LogP contribution in [0.1, 0.15) is 32.1 Å². The standard InChI is InChI=1S/C12H20BrNO2/c1-14(11-5-3-2-4-10(11)13)12(15)9-6-7-16-8-9/h9-11H,2-8H2,1H3. The van der Waals surface area contributed by atoms with Gasteiger partial charge in [0.2, 0.25) is 5.91 Å². The Morgan fingerprint density at radius 1 is 1.31 bits per heavy atom. The van der Waals surface area contributed by atoms with E-state index in [1.807, 2.05) is 11.9 Å². The summed E-state index contributed by atoms with van der Waals surface area (Å²) in [5.41, 5.74) is 0. The number of ether oxygens (including phenoxy) is 1. The number of nitrogens with zero attached hydrogens (tertiary/aromatic N) is 1. The minimum absolute atomic E-state index is 0.103. The Balaban J connectivity index is 1.94. The molecule has 2 fully saturated rings. The molecule has 0 spiro atoms. The van der Waals surface area contributed by atoms with E-state index in [1.165, 1.54) is 19.3 Å². The summed E-state index contributed by atoms with van der Waals surface area (Å²) in [5.74, 6) is 0.375. The molecule has 1 saturated heterocycles. The van der Waals surface area contributed by atoms with Gasteiger partial charge in [-0.25, -0.2) is 0 Å². The van der Waals surface area contributed by atoms with Gasteiger partial charge in [-0.1, -0.05) is 28.8 Å². The predicted octanol–water partition coefficient (Wildman–Crippen LogP) is 2.19. The van der Waals surface area contributed by atoms with Crippen molar-refractivity contribution in [3.8, 4) is 0 Å². The Morgan fingerprint density at radius 2 is 2.06 bits per heavy atom. The van der Waals surface area contributed by atoms with Crippen molar-refractivity contribution >= 4 is 21.8 Å². The molecule has 2 rings (SSSR count). The average Bonchev–Trinajstić information content (AvgIpc) is 2.81. The molecule has 3 atom stereocenters. The molecule has 0 N–H and O–H groups in total. The van der Waals surface area contributed by atoms with E-state index < -0.39 is 0 Å². The van der Waals surface area contributed by atoms with E-state index in [-0.39, 0.29) is 11.8 Å². The molecule has 2 aliphatic rings. The monoisotopic (exact) mass is 289 g/mol. The molecule has 1 aliphatic carbocycles. The number of alkyl halides is 1. The Hall–Kier alpha value is -0.0900. The summed E-state index contributed by atoms with van der Waals surface area (Å²) in [7, 11) is 1.95. The van der Waals surface area contributed by atoms with Crippen LogP contribution in [0.5, 0.6) is 0 Å². The molecule has 3 unspecified atom stereocenters. The van der Waals surface area contributed by atoms with Crippen molar-refractivity contribution in [2.24, 2.45) is 5.92 Å². The van der Waals surface area contributed by atoms with Crippen molar-refractivity contribution in [2.45, 2.75) is 43.0 Å². The molecule has 1 saturated carbocycles. The van der Waals surface area contributed by atoms with Crippen LogP contribution >= 0.6 is 15.9 Å². The summed E-state index contributed by atoms with van der Waals surface area (Å²) in [5, 5.41) is 0. The van der Waals surface area contributed by atoms with Crippen LogP contribution in [0, 0.1) is 5.92 Å². The number of carbonyl (C=O) groups is 1. The maximum absolute atomic E-state index is 12.2. The molecule has 0 bridgehead atoms. The number of hydrogen-bond acceptors (Lipinski definition) is 2. The van der Waals surface area contributed by atoms with Crippen LogP contribution in [0.3, 0.4) is 0 Å². The van der Waals surface area contributed by atoms with E-state index in [1.54, 1.807) is 0 Å². The van der Waals surface area contributed by atoms with Gasteiger partial charge < -0.3 is 9.64 Å². The molecule has 92 valence electrons. The predicted molar refractivity (Wildman–Crippen MR) is 66.7 cm³/mol. The molecule has 0 aromatic carbocycles. The zero-order valence-corrected chi connectivity index (χ0v) is 11.4.